The van der Waals surface area contributed by atoms with Gasteiger partial charge in [-0.15, -0.1) is 0 Å². The van der Waals surface area contributed by atoms with Crippen LogP contribution in [0.25, 0.3) is 0 Å². The molecule has 0 saturated heterocycles. The number of hydrogen-bond acceptors (Lipinski definition) is 4. The van der Waals surface area contributed by atoms with Gasteiger partial charge in [-0.3, -0.25) is 14.5 Å². The largest absolute Gasteiger partial charge is 0.497 e. The molecule has 2 N–H and O–H groups in total. The topological polar surface area (TPSA) is 78.9 Å². The number of likely N-dealkylation sites (N-methyl/N-ethyl adjacent to an activating group) is 1. The number of ether oxygens (including phenoxy) is 1. The average molecular weight is 348 g/mol. The Labute approximate surface area is 149 Å². The van der Waals surface area contributed by atoms with Gasteiger partial charge in [0, 0.05) is 18.5 Å². The van der Waals surface area contributed by atoms with Crippen molar-refractivity contribution in [2.24, 2.45) is 0 Å². The van der Waals surface area contributed by atoms with Gasteiger partial charge in [-0.1, -0.05) is 26.0 Å². The third kappa shape index (κ3) is 5.46. The van der Waals surface area contributed by atoms with E-state index in [9.17, 15) is 9.59 Å². The van der Waals surface area contributed by atoms with E-state index in [-0.39, 0.29) is 30.5 Å². The third-order valence-corrected chi connectivity index (χ3v) is 4.89. The van der Waals surface area contributed by atoms with Gasteiger partial charge in [-0.25, -0.2) is 0 Å². The van der Waals surface area contributed by atoms with Crippen LogP contribution < -0.4 is 10.1 Å². The monoisotopic (exact) mass is 348 g/mol. The lowest BCUT2D eigenvalue weighted by Gasteiger charge is -2.42. The highest BCUT2D eigenvalue weighted by molar-refractivity contribution is 5.77. The van der Waals surface area contributed by atoms with Gasteiger partial charge in [0.15, 0.2) is 0 Å². The van der Waals surface area contributed by atoms with Crippen LogP contribution >= 0.6 is 0 Å². The molecule has 1 unspecified atom stereocenters. The molecule has 1 atom stereocenters. The van der Waals surface area contributed by atoms with Gasteiger partial charge in [0.1, 0.15) is 5.75 Å². The van der Waals surface area contributed by atoms with Gasteiger partial charge in [0.2, 0.25) is 5.91 Å². The lowest BCUT2D eigenvalue weighted by atomic mass is 9.85. The van der Waals surface area contributed by atoms with Crippen molar-refractivity contribution in [3.63, 3.8) is 0 Å². The SMILES string of the molecule is CCN(CC(=O)O)C1CC(NC(=O)CC(C)c2cccc(OC)c2)C1. The fourth-order valence-electron chi connectivity index (χ4n) is 3.31. The summed E-state index contributed by atoms with van der Waals surface area (Å²) in [5.41, 5.74) is 1.08. The predicted octanol–water partition coefficient (Wildman–Crippen LogP) is 2.24. The van der Waals surface area contributed by atoms with Crippen LogP contribution in [0.5, 0.6) is 5.75 Å². The number of nitrogens with one attached hydrogen (secondary N) is 1. The molecule has 1 amide bonds. The zero-order chi connectivity index (χ0) is 18.4. The van der Waals surface area contributed by atoms with Crippen molar-refractivity contribution in [2.75, 3.05) is 20.2 Å². The molecule has 0 spiro atoms. The van der Waals surface area contributed by atoms with E-state index < -0.39 is 5.97 Å². The molecule has 6 nitrogen and oxygen atoms in total. The Balaban J connectivity index is 1.77. The van der Waals surface area contributed by atoms with Crippen molar-refractivity contribution in [2.45, 2.75) is 51.1 Å². The fourth-order valence-corrected chi connectivity index (χ4v) is 3.31. The molecule has 25 heavy (non-hydrogen) atoms. The number of amides is 1. The maximum Gasteiger partial charge on any atom is 0.317 e. The second kappa shape index (κ2) is 8.85. The summed E-state index contributed by atoms with van der Waals surface area (Å²) in [5, 5.41) is 12.0. The van der Waals surface area contributed by atoms with Crippen molar-refractivity contribution < 1.29 is 19.4 Å². The van der Waals surface area contributed by atoms with E-state index in [1.807, 2.05) is 43.0 Å². The van der Waals surface area contributed by atoms with Crippen LogP contribution in [-0.2, 0) is 9.59 Å². The molecule has 1 saturated carbocycles. The molecule has 1 fully saturated rings. The number of benzene rings is 1. The Hall–Kier alpha value is -2.08. The number of carboxylic acids is 1. The van der Waals surface area contributed by atoms with Crippen molar-refractivity contribution in [1.29, 1.82) is 0 Å². The second-order valence-electron chi connectivity index (χ2n) is 6.73. The first kappa shape index (κ1) is 19.2. The van der Waals surface area contributed by atoms with Crippen LogP contribution in [0.15, 0.2) is 24.3 Å². The van der Waals surface area contributed by atoms with E-state index in [1.54, 1.807) is 7.11 Å². The van der Waals surface area contributed by atoms with E-state index in [4.69, 9.17) is 9.84 Å². The number of hydrogen-bond donors (Lipinski definition) is 2. The van der Waals surface area contributed by atoms with E-state index in [2.05, 4.69) is 5.32 Å². The molecule has 6 heteroatoms. The first-order chi connectivity index (χ1) is 11.9. The van der Waals surface area contributed by atoms with Gasteiger partial charge in [-0.2, -0.15) is 0 Å². The van der Waals surface area contributed by atoms with Gasteiger partial charge in [-0.05, 0) is 43.0 Å². The molecule has 0 radical (unpaired) electrons. The minimum atomic E-state index is -0.804. The minimum absolute atomic E-state index is 0.0417. The van der Waals surface area contributed by atoms with E-state index in [1.165, 1.54) is 0 Å². The smallest absolute Gasteiger partial charge is 0.317 e. The number of nitrogens with zero attached hydrogens (tertiary/aromatic N) is 1. The zero-order valence-corrected chi connectivity index (χ0v) is 15.2. The molecule has 138 valence electrons. The number of carbonyl (C=O) groups is 2. The first-order valence-electron chi connectivity index (χ1n) is 8.82. The lowest BCUT2D eigenvalue weighted by molar-refractivity contribution is -0.139. The Morgan fingerprint density at radius 3 is 2.72 bits per heavy atom. The third-order valence-electron chi connectivity index (χ3n) is 4.89. The minimum Gasteiger partial charge on any atom is -0.497 e. The van der Waals surface area contributed by atoms with Crippen LogP contribution in [-0.4, -0.2) is 54.2 Å². The van der Waals surface area contributed by atoms with Crippen LogP contribution in [0.3, 0.4) is 0 Å². The molecule has 1 aliphatic carbocycles. The highest BCUT2D eigenvalue weighted by atomic mass is 16.5. The molecule has 0 aromatic heterocycles. The standard InChI is InChI=1S/C19H28N2O4/c1-4-21(12-19(23)24)16-10-15(11-16)20-18(22)8-13(2)14-6-5-7-17(9-14)25-3/h5-7,9,13,15-16H,4,8,10-12H2,1-3H3,(H,20,22)(H,23,24). The number of rotatable bonds is 9. The van der Waals surface area contributed by atoms with E-state index in [0.29, 0.717) is 13.0 Å². The molecule has 1 aromatic rings. The Kier molecular flexibility index (Phi) is 6.82. The summed E-state index contributed by atoms with van der Waals surface area (Å²) in [5.74, 6) is 0.149. The Morgan fingerprint density at radius 2 is 2.12 bits per heavy atom. The maximum absolute atomic E-state index is 12.3. The lowest BCUT2D eigenvalue weighted by Crippen LogP contribution is -2.54. The summed E-state index contributed by atoms with van der Waals surface area (Å²) in [4.78, 5) is 25.1. The number of methoxy groups -OCH3 is 1. The van der Waals surface area contributed by atoms with Gasteiger partial charge >= 0.3 is 5.97 Å². The number of carboxylic acid groups (broad SMARTS) is 1. The van der Waals surface area contributed by atoms with Crippen molar-refractivity contribution in [1.82, 2.24) is 10.2 Å². The van der Waals surface area contributed by atoms with Crippen molar-refractivity contribution >= 4 is 11.9 Å². The number of carbonyl (C=O) groups excluding carboxylic acids is 1. The van der Waals surface area contributed by atoms with Gasteiger partial charge in [0.25, 0.3) is 0 Å². The van der Waals surface area contributed by atoms with Crippen molar-refractivity contribution in [3.05, 3.63) is 29.8 Å². The summed E-state index contributed by atoms with van der Waals surface area (Å²) in [6.45, 7) is 4.77. The van der Waals surface area contributed by atoms with E-state index in [0.717, 1.165) is 24.2 Å². The van der Waals surface area contributed by atoms with Crippen LogP contribution in [0.1, 0.15) is 44.6 Å². The molecular formula is C19H28N2O4. The number of aliphatic carboxylic acids is 1. The summed E-state index contributed by atoms with van der Waals surface area (Å²) in [7, 11) is 1.63. The molecule has 0 aliphatic heterocycles. The highest BCUT2D eigenvalue weighted by Gasteiger charge is 2.34. The van der Waals surface area contributed by atoms with Crippen molar-refractivity contribution in [3.8, 4) is 5.75 Å². The second-order valence-corrected chi connectivity index (χ2v) is 6.73. The molecule has 0 heterocycles. The first-order valence-corrected chi connectivity index (χ1v) is 8.82. The van der Waals surface area contributed by atoms with Crippen LogP contribution in [0.2, 0.25) is 0 Å². The van der Waals surface area contributed by atoms with Gasteiger partial charge in [0.05, 0.1) is 13.7 Å². The Morgan fingerprint density at radius 1 is 1.40 bits per heavy atom. The van der Waals surface area contributed by atoms with Crippen LogP contribution in [0.4, 0.5) is 0 Å². The molecule has 1 aromatic carbocycles. The molecular weight excluding hydrogens is 320 g/mol. The predicted molar refractivity (Wildman–Crippen MR) is 95.9 cm³/mol. The van der Waals surface area contributed by atoms with Gasteiger partial charge < -0.3 is 15.2 Å². The molecule has 2 rings (SSSR count). The molecule has 1 aliphatic rings. The maximum atomic E-state index is 12.3. The Bertz CT molecular complexity index is 599. The summed E-state index contributed by atoms with van der Waals surface area (Å²) in [6, 6.07) is 8.19. The van der Waals surface area contributed by atoms with Crippen LogP contribution in [0, 0.1) is 0 Å². The summed E-state index contributed by atoms with van der Waals surface area (Å²) >= 11 is 0. The summed E-state index contributed by atoms with van der Waals surface area (Å²) in [6.07, 6.45) is 2.07. The fraction of sp³-hybridized carbons (Fsp3) is 0.579. The highest BCUT2D eigenvalue weighted by Crippen LogP contribution is 2.27. The quantitative estimate of drug-likeness (QED) is 0.715. The summed E-state index contributed by atoms with van der Waals surface area (Å²) < 4.78 is 5.23. The zero-order valence-electron chi connectivity index (χ0n) is 15.2. The normalized spacial score (nSPS) is 20.6. The average Bonchev–Trinajstić information content (AvgIpc) is 2.55. The van der Waals surface area contributed by atoms with E-state index >= 15 is 0 Å². The molecule has 0 bridgehead atoms.